The van der Waals surface area contributed by atoms with Crippen LogP contribution in [0.4, 0.5) is 0 Å². The highest BCUT2D eigenvalue weighted by atomic mass is 79.9. The Hall–Kier alpha value is -1.23. The second-order valence-corrected chi connectivity index (χ2v) is 3.47. The quantitative estimate of drug-likeness (QED) is 0.712. The van der Waals surface area contributed by atoms with E-state index in [1.807, 2.05) is 19.2 Å². The van der Waals surface area contributed by atoms with E-state index in [1.165, 1.54) is 6.33 Å². The molecule has 0 aliphatic carbocycles. The first-order chi connectivity index (χ1) is 6.25. The van der Waals surface area contributed by atoms with Crippen LogP contribution >= 0.6 is 15.9 Å². The lowest BCUT2D eigenvalue weighted by molar-refractivity contribution is 0.836. The molecule has 0 aliphatic heterocycles. The van der Waals surface area contributed by atoms with Crippen molar-refractivity contribution in [1.29, 1.82) is 0 Å². The zero-order valence-corrected chi connectivity index (χ0v) is 8.56. The summed E-state index contributed by atoms with van der Waals surface area (Å²) in [7, 11) is 0. The molecule has 2 heterocycles. The molecule has 66 valence electrons. The molecule has 0 saturated heterocycles. The lowest BCUT2D eigenvalue weighted by atomic mass is 10.4. The van der Waals surface area contributed by atoms with E-state index in [-0.39, 0.29) is 0 Å². The zero-order valence-electron chi connectivity index (χ0n) is 6.98. The predicted octanol–water partition coefficient (Wildman–Crippen LogP) is 1.73. The molecule has 0 bridgehead atoms. The van der Waals surface area contributed by atoms with E-state index in [9.17, 15) is 0 Å². The van der Waals surface area contributed by atoms with E-state index in [1.54, 1.807) is 10.9 Å². The molecule has 0 amide bonds. The molecular weight excluding hydrogens is 232 g/mol. The molecule has 2 rings (SSSR count). The minimum absolute atomic E-state index is 0.755. The van der Waals surface area contributed by atoms with Gasteiger partial charge in [-0.05, 0) is 28.4 Å². The van der Waals surface area contributed by atoms with Gasteiger partial charge in [-0.15, -0.1) is 0 Å². The van der Waals surface area contributed by atoms with Crippen LogP contribution < -0.4 is 0 Å². The Morgan fingerprint density at radius 2 is 2.23 bits per heavy atom. The van der Waals surface area contributed by atoms with Crippen molar-refractivity contribution in [2.45, 2.75) is 6.92 Å². The molecule has 5 heteroatoms. The van der Waals surface area contributed by atoms with Crippen molar-refractivity contribution in [3.05, 3.63) is 35.0 Å². The Morgan fingerprint density at radius 3 is 2.85 bits per heavy atom. The van der Waals surface area contributed by atoms with Gasteiger partial charge in [-0.1, -0.05) is 0 Å². The van der Waals surface area contributed by atoms with Gasteiger partial charge in [0.1, 0.15) is 10.9 Å². The van der Waals surface area contributed by atoms with Gasteiger partial charge in [-0.3, -0.25) is 0 Å². The number of aryl methyl sites for hydroxylation is 1. The van der Waals surface area contributed by atoms with E-state index >= 15 is 0 Å². The van der Waals surface area contributed by atoms with Crippen LogP contribution in [0, 0.1) is 6.92 Å². The molecule has 2 aromatic rings. The smallest absolute Gasteiger partial charge is 0.157 e. The first kappa shape index (κ1) is 8.37. The van der Waals surface area contributed by atoms with Crippen LogP contribution in [-0.2, 0) is 0 Å². The summed E-state index contributed by atoms with van der Waals surface area (Å²) in [6.07, 6.45) is 5.20. The molecule has 0 saturated carbocycles. The molecule has 0 fully saturated rings. The van der Waals surface area contributed by atoms with E-state index in [2.05, 4.69) is 31.0 Å². The van der Waals surface area contributed by atoms with Gasteiger partial charge in [-0.25, -0.2) is 14.6 Å². The van der Waals surface area contributed by atoms with E-state index in [0.29, 0.717) is 0 Å². The van der Waals surface area contributed by atoms with E-state index in [0.717, 1.165) is 16.0 Å². The average molecular weight is 239 g/mol. The number of hydrogen-bond acceptors (Lipinski definition) is 3. The van der Waals surface area contributed by atoms with Crippen LogP contribution in [0.25, 0.3) is 5.82 Å². The van der Waals surface area contributed by atoms with Crippen LogP contribution in [0.3, 0.4) is 0 Å². The third kappa shape index (κ3) is 1.75. The van der Waals surface area contributed by atoms with Gasteiger partial charge in [0.2, 0.25) is 0 Å². The molecule has 0 radical (unpaired) electrons. The Kier molecular flexibility index (Phi) is 2.10. The summed E-state index contributed by atoms with van der Waals surface area (Å²) >= 11 is 3.27. The van der Waals surface area contributed by atoms with Crippen molar-refractivity contribution in [3.63, 3.8) is 0 Å². The second kappa shape index (κ2) is 3.26. The summed E-state index contributed by atoms with van der Waals surface area (Å²) < 4.78 is 2.47. The van der Waals surface area contributed by atoms with E-state index < -0.39 is 0 Å². The highest BCUT2D eigenvalue weighted by molar-refractivity contribution is 9.10. The van der Waals surface area contributed by atoms with Gasteiger partial charge >= 0.3 is 0 Å². The fourth-order valence-electron chi connectivity index (χ4n) is 0.988. The predicted molar refractivity (Wildman–Crippen MR) is 51.6 cm³/mol. The third-order valence-corrected chi connectivity index (χ3v) is 2.00. The number of halogens is 1. The Morgan fingerprint density at radius 1 is 1.38 bits per heavy atom. The molecule has 0 atom stereocenters. The molecule has 2 aromatic heterocycles. The van der Waals surface area contributed by atoms with Crippen LogP contribution in [0.2, 0.25) is 0 Å². The van der Waals surface area contributed by atoms with Gasteiger partial charge in [0.05, 0.1) is 6.20 Å². The molecule has 0 aromatic carbocycles. The summed E-state index contributed by atoms with van der Waals surface area (Å²) in [5, 5.41) is 4.13. The van der Waals surface area contributed by atoms with Gasteiger partial charge in [-0.2, -0.15) is 5.10 Å². The van der Waals surface area contributed by atoms with E-state index in [4.69, 9.17) is 0 Å². The van der Waals surface area contributed by atoms with Gasteiger partial charge in [0.25, 0.3) is 0 Å². The summed E-state index contributed by atoms with van der Waals surface area (Å²) in [4.78, 5) is 8.02. The second-order valence-electron chi connectivity index (χ2n) is 2.66. The van der Waals surface area contributed by atoms with Crippen molar-refractivity contribution in [1.82, 2.24) is 19.7 Å². The largest absolute Gasteiger partial charge is 0.229 e. The van der Waals surface area contributed by atoms with Crippen molar-refractivity contribution < 1.29 is 0 Å². The lowest BCUT2D eigenvalue weighted by Gasteiger charge is -1.98. The Labute approximate surface area is 83.8 Å². The monoisotopic (exact) mass is 238 g/mol. The molecule has 13 heavy (non-hydrogen) atoms. The lowest BCUT2D eigenvalue weighted by Crippen LogP contribution is -1.97. The molecule has 0 spiro atoms. The molecule has 4 nitrogen and oxygen atoms in total. The van der Waals surface area contributed by atoms with Crippen LogP contribution in [0.5, 0.6) is 0 Å². The maximum atomic E-state index is 4.13. The minimum atomic E-state index is 0.755. The van der Waals surface area contributed by atoms with Crippen LogP contribution in [-0.4, -0.2) is 19.7 Å². The summed E-state index contributed by atoms with van der Waals surface area (Å²) in [6, 6.07) is 1.81. The van der Waals surface area contributed by atoms with Crippen LogP contribution in [0.15, 0.2) is 29.4 Å². The van der Waals surface area contributed by atoms with Crippen LogP contribution in [0.1, 0.15) is 5.56 Å². The standard InChI is InChI=1S/C8H7BrN4/c1-6-3-12-13(4-6)8-2-7(9)10-5-11-8/h2-5H,1H3. The highest BCUT2D eigenvalue weighted by Crippen LogP contribution is 2.09. The summed E-state index contributed by atoms with van der Waals surface area (Å²) in [5.41, 5.74) is 1.11. The Balaban J connectivity index is 2.46. The SMILES string of the molecule is Cc1cnn(-c2cc(Br)ncn2)c1. The van der Waals surface area contributed by atoms with Crippen molar-refractivity contribution >= 4 is 15.9 Å². The zero-order chi connectivity index (χ0) is 9.26. The number of nitrogens with zero attached hydrogens (tertiary/aromatic N) is 4. The van der Waals surface area contributed by atoms with Gasteiger partial charge in [0, 0.05) is 12.3 Å². The highest BCUT2D eigenvalue weighted by Gasteiger charge is 1.99. The molecule has 0 unspecified atom stereocenters. The van der Waals surface area contributed by atoms with Gasteiger partial charge < -0.3 is 0 Å². The topological polar surface area (TPSA) is 43.6 Å². The number of hydrogen-bond donors (Lipinski definition) is 0. The van der Waals surface area contributed by atoms with Crippen molar-refractivity contribution in [2.24, 2.45) is 0 Å². The molecule has 0 N–H and O–H groups in total. The minimum Gasteiger partial charge on any atom is -0.229 e. The number of aromatic nitrogens is 4. The summed E-state index contributed by atoms with van der Waals surface area (Å²) in [5.74, 6) is 0.759. The van der Waals surface area contributed by atoms with Crippen molar-refractivity contribution in [2.75, 3.05) is 0 Å². The average Bonchev–Trinajstić information content (AvgIpc) is 2.52. The third-order valence-electron chi connectivity index (χ3n) is 1.57. The fourth-order valence-corrected chi connectivity index (χ4v) is 1.28. The maximum Gasteiger partial charge on any atom is 0.157 e. The summed E-state index contributed by atoms with van der Waals surface area (Å²) in [6.45, 7) is 1.99. The molecule has 0 aliphatic rings. The van der Waals surface area contributed by atoms with Gasteiger partial charge in [0.15, 0.2) is 5.82 Å². The van der Waals surface area contributed by atoms with Crippen molar-refractivity contribution in [3.8, 4) is 5.82 Å². The maximum absolute atomic E-state index is 4.13. The Bertz CT molecular complexity index is 424. The fraction of sp³-hybridized carbons (Fsp3) is 0.125. The first-order valence-corrected chi connectivity index (χ1v) is 4.54. The normalized spacial score (nSPS) is 10.3. The molecular formula is C8H7BrN4. The number of rotatable bonds is 1. The first-order valence-electron chi connectivity index (χ1n) is 3.75.